The first-order valence-corrected chi connectivity index (χ1v) is 8.58. The van der Waals surface area contributed by atoms with Gasteiger partial charge < -0.3 is 19.7 Å². The summed E-state index contributed by atoms with van der Waals surface area (Å²) in [6, 6.07) is 14.4. The smallest absolute Gasteiger partial charge is 0.262 e. The summed E-state index contributed by atoms with van der Waals surface area (Å²) in [5.74, 6) is 0.379. The van der Waals surface area contributed by atoms with Crippen molar-refractivity contribution in [2.45, 2.75) is 6.92 Å². The highest BCUT2D eigenvalue weighted by atomic mass is 16.5. The van der Waals surface area contributed by atoms with Gasteiger partial charge in [-0.3, -0.25) is 9.59 Å². The van der Waals surface area contributed by atoms with Crippen LogP contribution in [0.4, 0.5) is 5.69 Å². The molecule has 1 aliphatic heterocycles. The van der Waals surface area contributed by atoms with Crippen molar-refractivity contribution in [3.63, 3.8) is 0 Å². The van der Waals surface area contributed by atoms with E-state index in [1.807, 2.05) is 31.2 Å². The van der Waals surface area contributed by atoms with E-state index in [1.165, 1.54) is 0 Å². The number of amides is 2. The summed E-state index contributed by atoms with van der Waals surface area (Å²) < 4.78 is 10.7. The minimum Gasteiger partial charge on any atom is -0.484 e. The maximum atomic E-state index is 12.4. The van der Waals surface area contributed by atoms with Crippen LogP contribution in [0.15, 0.2) is 48.5 Å². The second-order valence-corrected chi connectivity index (χ2v) is 6.13. The molecule has 2 aromatic carbocycles. The molecule has 26 heavy (non-hydrogen) atoms. The third-order valence-corrected chi connectivity index (χ3v) is 4.10. The second-order valence-electron chi connectivity index (χ2n) is 6.13. The van der Waals surface area contributed by atoms with Gasteiger partial charge in [-0.15, -0.1) is 0 Å². The van der Waals surface area contributed by atoms with Crippen molar-refractivity contribution in [2.75, 3.05) is 38.2 Å². The lowest BCUT2D eigenvalue weighted by molar-refractivity contribution is -0.118. The lowest BCUT2D eigenvalue weighted by atomic mass is 10.1. The van der Waals surface area contributed by atoms with Gasteiger partial charge in [0.15, 0.2) is 6.61 Å². The number of carbonyl (C=O) groups is 2. The molecule has 0 radical (unpaired) electrons. The van der Waals surface area contributed by atoms with Crippen LogP contribution in [0.5, 0.6) is 5.75 Å². The predicted molar refractivity (Wildman–Crippen MR) is 98.5 cm³/mol. The number of morpholine rings is 1. The number of nitrogens with one attached hydrogen (secondary N) is 1. The average molecular weight is 354 g/mol. The molecule has 1 aliphatic rings. The summed E-state index contributed by atoms with van der Waals surface area (Å²) >= 11 is 0. The third kappa shape index (κ3) is 4.83. The van der Waals surface area contributed by atoms with Gasteiger partial charge in [-0.1, -0.05) is 17.7 Å². The highest BCUT2D eigenvalue weighted by Gasteiger charge is 2.18. The molecule has 1 N–H and O–H groups in total. The van der Waals surface area contributed by atoms with Gasteiger partial charge in [0, 0.05) is 24.3 Å². The number of rotatable bonds is 5. The fourth-order valence-corrected chi connectivity index (χ4v) is 2.63. The number of aryl methyl sites for hydroxylation is 1. The molecular weight excluding hydrogens is 332 g/mol. The summed E-state index contributed by atoms with van der Waals surface area (Å²) in [7, 11) is 0. The number of carbonyl (C=O) groups excluding carboxylic acids is 2. The number of hydrogen-bond donors (Lipinski definition) is 1. The molecule has 136 valence electrons. The third-order valence-electron chi connectivity index (χ3n) is 4.10. The molecule has 1 saturated heterocycles. The fraction of sp³-hybridized carbons (Fsp3) is 0.300. The van der Waals surface area contributed by atoms with E-state index in [0.717, 1.165) is 5.56 Å². The monoisotopic (exact) mass is 354 g/mol. The van der Waals surface area contributed by atoms with Crippen molar-refractivity contribution in [2.24, 2.45) is 0 Å². The van der Waals surface area contributed by atoms with Crippen molar-refractivity contribution in [1.29, 1.82) is 0 Å². The van der Waals surface area contributed by atoms with Crippen LogP contribution in [-0.4, -0.2) is 49.6 Å². The van der Waals surface area contributed by atoms with Gasteiger partial charge in [-0.05, 0) is 43.3 Å². The zero-order chi connectivity index (χ0) is 18.4. The molecule has 2 aromatic rings. The first kappa shape index (κ1) is 17.9. The standard InChI is InChI=1S/C20H22N2O4/c1-15-2-8-18(9-3-15)26-14-19(23)21-17-6-4-16(5-7-17)20(24)22-10-12-25-13-11-22/h2-9H,10-14H2,1H3,(H,21,23). The topological polar surface area (TPSA) is 67.9 Å². The molecule has 2 amide bonds. The van der Waals surface area contributed by atoms with E-state index in [9.17, 15) is 9.59 Å². The van der Waals surface area contributed by atoms with Gasteiger partial charge in [0.25, 0.3) is 11.8 Å². The Balaban J connectivity index is 1.50. The zero-order valence-electron chi connectivity index (χ0n) is 14.7. The molecule has 0 spiro atoms. The summed E-state index contributed by atoms with van der Waals surface area (Å²) in [4.78, 5) is 26.1. The van der Waals surface area contributed by atoms with Gasteiger partial charge in [0.05, 0.1) is 13.2 Å². The summed E-state index contributed by atoms with van der Waals surface area (Å²) in [6.07, 6.45) is 0. The van der Waals surface area contributed by atoms with E-state index < -0.39 is 0 Å². The van der Waals surface area contributed by atoms with Crippen LogP contribution in [0.2, 0.25) is 0 Å². The Kier molecular flexibility index (Phi) is 5.86. The van der Waals surface area contributed by atoms with Crippen LogP contribution < -0.4 is 10.1 Å². The van der Waals surface area contributed by atoms with Gasteiger partial charge in [0.1, 0.15) is 5.75 Å². The van der Waals surface area contributed by atoms with E-state index in [2.05, 4.69) is 5.32 Å². The molecule has 1 heterocycles. The fourth-order valence-electron chi connectivity index (χ4n) is 2.63. The number of hydrogen-bond acceptors (Lipinski definition) is 4. The number of anilines is 1. The quantitative estimate of drug-likeness (QED) is 0.896. The van der Waals surface area contributed by atoms with E-state index in [4.69, 9.17) is 9.47 Å². The van der Waals surface area contributed by atoms with Gasteiger partial charge >= 0.3 is 0 Å². The molecule has 0 bridgehead atoms. The van der Waals surface area contributed by atoms with Crippen LogP contribution in [0.1, 0.15) is 15.9 Å². The Hall–Kier alpha value is -2.86. The first-order chi connectivity index (χ1) is 12.6. The minimum atomic E-state index is -0.252. The van der Waals surface area contributed by atoms with Crippen molar-refractivity contribution in [1.82, 2.24) is 4.90 Å². The van der Waals surface area contributed by atoms with E-state index in [0.29, 0.717) is 43.3 Å². The van der Waals surface area contributed by atoms with Crippen molar-refractivity contribution in [3.05, 3.63) is 59.7 Å². The van der Waals surface area contributed by atoms with Crippen LogP contribution in [0.25, 0.3) is 0 Å². The van der Waals surface area contributed by atoms with Crippen molar-refractivity contribution >= 4 is 17.5 Å². The van der Waals surface area contributed by atoms with Crippen LogP contribution in [0.3, 0.4) is 0 Å². The molecule has 0 saturated carbocycles. The molecule has 3 rings (SSSR count). The van der Waals surface area contributed by atoms with Crippen LogP contribution in [-0.2, 0) is 9.53 Å². The molecule has 6 nitrogen and oxygen atoms in total. The summed E-state index contributed by atoms with van der Waals surface area (Å²) in [5.41, 5.74) is 2.36. The number of ether oxygens (including phenoxy) is 2. The summed E-state index contributed by atoms with van der Waals surface area (Å²) in [5, 5.41) is 2.76. The molecule has 1 fully saturated rings. The lowest BCUT2D eigenvalue weighted by Crippen LogP contribution is -2.40. The minimum absolute atomic E-state index is 0.0196. The Morgan fingerprint density at radius 1 is 1.04 bits per heavy atom. The largest absolute Gasteiger partial charge is 0.484 e. The SMILES string of the molecule is Cc1ccc(OCC(=O)Nc2ccc(C(=O)N3CCOCC3)cc2)cc1. The highest BCUT2D eigenvalue weighted by molar-refractivity contribution is 5.96. The Morgan fingerprint density at radius 3 is 2.35 bits per heavy atom. The Bertz CT molecular complexity index is 750. The predicted octanol–water partition coefficient (Wildman–Crippen LogP) is 2.48. The Morgan fingerprint density at radius 2 is 1.69 bits per heavy atom. The highest BCUT2D eigenvalue weighted by Crippen LogP contribution is 2.14. The number of benzene rings is 2. The van der Waals surface area contributed by atoms with Crippen molar-refractivity contribution in [3.8, 4) is 5.75 Å². The van der Waals surface area contributed by atoms with Gasteiger partial charge in [0.2, 0.25) is 0 Å². The molecule has 6 heteroatoms. The first-order valence-electron chi connectivity index (χ1n) is 8.58. The van der Waals surface area contributed by atoms with E-state index in [-0.39, 0.29) is 18.4 Å². The molecular formula is C20H22N2O4. The Labute approximate surface area is 152 Å². The normalized spacial score (nSPS) is 14.0. The maximum absolute atomic E-state index is 12.4. The molecule has 0 atom stereocenters. The average Bonchev–Trinajstić information content (AvgIpc) is 2.68. The van der Waals surface area contributed by atoms with E-state index in [1.54, 1.807) is 29.2 Å². The molecule has 0 aliphatic carbocycles. The van der Waals surface area contributed by atoms with Gasteiger partial charge in [-0.25, -0.2) is 0 Å². The summed E-state index contributed by atoms with van der Waals surface area (Å²) in [6.45, 7) is 4.27. The van der Waals surface area contributed by atoms with E-state index >= 15 is 0 Å². The second kappa shape index (κ2) is 8.49. The number of nitrogens with zero attached hydrogens (tertiary/aromatic N) is 1. The van der Waals surface area contributed by atoms with Crippen molar-refractivity contribution < 1.29 is 19.1 Å². The van der Waals surface area contributed by atoms with Crippen LogP contribution >= 0.6 is 0 Å². The van der Waals surface area contributed by atoms with Gasteiger partial charge in [-0.2, -0.15) is 0 Å². The van der Waals surface area contributed by atoms with Crippen LogP contribution in [0, 0.1) is 6.92 Å². The lowest BCUT2D eigenvalue weighted by Gasteiger charge is -2.26. The molecule has 0 unspecified atom stereocenters. The zero-order valence-corrected chi connectivity index (χ0v) is 14.7. The maximum Gasteiger partial charge on any atom is 0.262 e. The molecule has 0 aromatic heterocycles.